The van der Waals surface area contributed by atoms with Crippen molar-refractivity contribution >= 4 is 30.0 Å². The maximum atomic E-state index is 13.8. The van der Waals surface area contributed by atoms with Crippen LogP contribution in [-0.4, -0.2) is 57.6 Å². The number of aromatic carboxylic acids is 1. The molecule has 0 aliphatic heterocycles. The molecule has 236 valence electrons. The van der Waals surface area contributed by atoms with Gasteiger partial charge in [0.05, 0.1) is 27.4 Å². The Morgan fingerprint density at radius 1 is 0.933 bits per heavy atom. The van der Waals surface area contributed by atoms with Crippen LogP contribution < -0.4 is 0 Å². The molecule has 1 heterocycles. The Morgan fingerprint density at radius 2 is 1.49 bits per heavy atom. The monoisotopic (exact) mass is 631 g/mol. The fourth-order valence-corrected chi connectivity index (χ4v) is 5.73. The first-order valence-corrected chi connectivity index (χ1v) is 14.4. The van der Waals surface area contributed by atoms with Crippen LogP contribution >= 0.6 is 12.4 Å². The highest BCUT2D eigenvalue weighted by atomic mass is 35.5. The molecule has 10 heteroatoms. The lowest BCUT2D eigenvalue weighted by Gasteiger charge is -2.31. The summed E-state index contributed by atoms with van der Waals surface area (Å²) in [5.74, 6) is -1.85. The molecule has 1 aromatic heterocycles. The summed E-state index contributed by atoms with van der Waals surface area (Å²) in [6.45, 7) is 7.87. The number of hydrogen-bond donors (Lipinski definition) is 1. The van der Waals surface area contributed by atoms with Crippen molar-refractivity contribution in [3.8, 4) is 11.1 Å². The first kappa shape index (κ1) is 34.9. The molecule has 45 heavy (non-hydrogen) atoms. The number of non-ortho nitro benzene ring substituents is 1. The van der Waals surface area contributed by atoms with E-state index < -0.39 is 22.5 Å². The van der Waals surface area contributed by atoms with Gasteiger partial charge in [-0.2, -0.15) is 0 Å². The van der Waals surface area contributed by atoms with Gasteiger partial charge in [0.2, 0.25) is 0 Å². The van der Waals surface area contributed by atoms with Crippen LogP contribution in [-0.2, 0) is 4.74 Å². The van der Waals surface area contributed by atoms with E-state index in [2.05, 4.69) is 34.1 Å². The van der Waals surface area contributed by atoms with E-state index in [1.54, 1.807) is 26.8 Å². The van der Waals surface area contributed by atoms with E-state index in [0.29, 0.717) is 6.54 Å². The number of hydrogen-bond acceptors (Lipinski definition) is 7. The van der Waals surface area contributed by atoms with Crippen molar-refractivity contribution in [2.45, 2.75) is 45.6 Å². The summed E-state index contributed by atoms with van der Waals surface area (Å²) >= 11 is 0. The van der Waals surface area contributed by atoms with Gasteiger partial charge in [0.25, 0.3) is 5.69 Å². The number of ether oxygens (including phenoxy) is 1. The minimum Gasteiger partial charge on any atom is -0.478 e. The third-order valence-corrected chi connectivity index (χ3v) is 7.55. The second kappa shape index (κ2) is 14.9. The van der Waals surface area contributed by atoms with Crippen LogP contribution in [0.15, 0.2) is 84.9 Å². The summed E-state index contributed by atoms with van der Waals surface area (Å²) in [7, 11) is 1.97. The minimum atomic E-state index is -1.30. The molecular formula is C35H38ClN3O6. The van der Waals surface area contributed by atoms with Gasteiger partial charge in [-0.1, -0.05) is 72.8 Å². The van der Waals surface area contributed by atoms with Crippen molar-refractivity contribution in [3.05, 3.63) is 129 Å². The number of aryl methyl sites for hydroxylation is 2. The van der Waals surface area contributed by atoms with Crippen LogP contribution in [0, 0.1) is 24.0 Å². The Hall–Kier alpha value is -4.60. The van der Waals surface area contributed by atoms with Gasteiger partial charge >= 0.3 is 11.9 Å². The molecule has 0 radical (unpaired) electrons. The number of rotatable bonds is 12. The molecule has 0 unspecified atom stereocenters. The Balaban J connectivity index is 0.00000552. The number of nitro groups is 1. The zero-order valence-corrected chi connectivity index (χ0v) is 26.8. The van der Waals surface area contributed by atoms with Crippen molar-refractivity contribution in [2.75, 3.05) is 20.1 Å². The summed E-state index contributed by atoms with van der Waals surface area (Å²) in [6, 6.07) is 26.2. The van der Waals surface area contributed by atoms with E-state index in [1.807, 2.05) is 43.4 Å². The Bertz CT molecular complexity index is 1620. The summed E-state index contributed by atoms with van der Waals surface area (Å²) in [5.41, 5.74) is 1.77. The lowest BCUT2D eigenvalue weighted by molar-refractivity contribution is -0.384. The zero-order chi connectivity index (χ0) is 32.0. The number of nitrogens with zero attached hydrogens (tertiary/aromatic N) is 3. The molecule has 9 nitrogen and oxygen atoms in total. The number of esters is 1. The van der Waals surface area contributed by atoms with E-state index >= 15 is 0 Å². The van der Waals surface area contributed by atoms with E-state index in [9.17, 15) is 24.8 Å². The molecule has 4 rings (SSSR count). The van der Waals surface area contributed by atoms with Crippen LogP contribution in [0.3, 0.4) is 0 Å². The molecule has 4 aromatic rings. The Labute approximate surface area is 269 Å². The number of carbonyl (C=O) groups excluding carboxylic acids is 1. The van der Waals surface area contributed by atoms with Gasteiger partial charge in [0.15, 0.2) is 0 Å². The number of halogens is 1. The quantitative estimate of drug-likeness (QED) is 0.0969. The van der Waals surface area contributed by atoms with Gasteiger partial charge in [0, 0.05) is 30.2 Å². The van der Waals surface area contributed by atoms with Crippen LogP contribution in [0.2, 0.25) is 0 Å². The molecule has 0 saturated heterocycles. The fraction of sp³-hybridized carbons (Fsp3) is 0.286. The molecule has 0 aliphatic rings. The average Bonchev–Trinajstić information content (AvgIpc) is 2.97. The van der Waals surface area contributed by atoms with Crippen LogP contribution in [0.4, 0.5) is 5.69 Å². The van der Waals surface area contributed by atoms with E-state index in [1.165, 1.54) is 36.2 Å². The van der Waals surface area contributed by atoms with E-state index in [-0.39, 0.29) is 57.7 Å². The predicted molar refractivity (Wildman–Crippen MR) is 176 cm³/mol. The van der Waals surface area contributed by atoms with Crippen LogP contribution in [0.25, 0.3) is 11.1 Å². The number of nitro benzene ring substituents is 1. The highest BCUT2D eigenvalue weighted by molar-refractivity contribution is 6.06. The number of benzene rings is 3. The first-order valence-electron chi connectivity index (χ1n) is 14.4. The normalized spacial score (nSPS) is 11.3. The number of aromatic nitrogens is 1. The van der Waals surface area contributed by atoms with E-state index in [4.69, 9.17) is 4.74 Å². The second-order valence-electron chi connectivity index (χ2n) is 11.6. The molecule has 3 aromatic carbocycles. The van der Waals surface area contributed by atoms with Crippen LogP contribution in [0.1, 0.15) is 69.4 Å². The van der Waals surface area contributed by atoms with Gasteiger partial charge in [-0.25, -0.2) is 9.59 Å². The van der Waals surface area contributed by atoms with Gasteiger partial charge in [-0.3, -0.25) is 15.1 Å². The van der Waals surface area contributed by atoms with Gasteiger partial charge in [-0.15, -0.1) is 12.4 Å². The number of carbonyl (C=O) groups is 2. The summed E-state index contributed by atoms with van der Waals surface area (Å²) in [5, 5.41) is 21.6. The zero-order valence-electron chi connectivity index (χ0n) is 26.0. The number of carboxylic acid groups (broad SMARTS) is 1. The standard InChI is InChI=1S/C35H37N3O6.ClH/c1-23-30(33(39)40)32(27-17-12-18-28(21-27)38(42)43)31(24(2)36-23)34(41)44-35(3,4)22-37(5)20-19-29(25-13-8-6-9-14-25)26-15-10-7-11-16-26;/h6-18,21,29H,19-20,22H2,1-5H3,(H,39,40);1H. The Kier molecular flexibility index (Phi) is 11.6. The molecule has 0 atom stereocenters. The topological polar surface area (TPSA) is 123 Å². The SMILES string of the molecule is Cc1nc(C)c(C(=O)OC(C)(C)CN(C)CCC(c2ccccc2)c2ccccc2)c(-c2cccc([N+](=O)[O-])c2)c1C(=O)O.Cl. The molecule has 0 fully saturated rings. The molecule has 0 amide bonds. The summed E-state index contributed by atoms with van der Waals surface area (Å²) < 4.78 is 6.02. The number of carboxylic acids is 1. The van der Waals surface area contributed by atoms with Gasteiger partial charge in [-0.05, 0) is 64.4 Å². The minimum absolute atomic E-state index is 0. The highest BCUT2D eigenvalue weighted by Crippen LogP contribution is 2.35. The highest BCUT2D eigenvalue weighted by Gasteiger charge is 2.32. The first-order chi connectivity index (χ1) is 20.9. The van der Waals surface area contributed by atoms with Gasteiger partial charge < -0.3 is 14.7 Å². The number of likely N-dealkylation sites (N-methyl/N-ethyl adjacent to an activating group) is 1. The maximum absolute atomic E-state index is 13.8. The van der Waals surface area contributed by atoms with Crippen molar-refractivity contribution in [3.63, 3.8) is 0 Å². The van der Waals surface area contributed by atoms with Crippen molar-refractivity contribution in [1.29, 1.82) is 0 Å². The van der Waals surface area contributed by atoms with Crippen LogP contribution in [0.5, 0.6) is 0 Å². The maximum Gasteiger partial charge on any atom is 0.341 e. The molecule has 0 spiro atoms. The largest absolute Gasteiger partial charge is 0.478 e. The lowest BCUT2D eigenvalue weighted by Crippen LogP contribution is -2.41. The third-order valence-electron chi connectivity index (χ3n) is 7.55. The van der Waals surface area contributed by atoms with Crippen molar-refractivity contribution < 1.29 is 24.4 Å². The Morgan fingerprint density at radius 3 is 2.02 bits per heavy atom. The molecule has 0 saturated carbocycles. The third kappa shape index (κ3) is 8.53. The van der Waals surface area contributed by atoms with Crippen molar-refractivity contribution in [1.82, 2.24) is 9.88 Å². The molecule has 1 N–H and O–H groups in total. The van der Waals surface area contributed by atoms with Gasteiger partial charge in [0.1, 0.15) is 5.60 Å². The van der Waals surface area contributed by atoms with E-state index in [0.717, 1.165) is 13.0 Å². The predicted octanol–water partition coefficient (Wildman–Crippen LogP) is 7.48. The van der Waals surface area contributed by atoms with Crippen molar-refractivity contribution in [2.24, 2.45) is 0 Å². The fourth-order valence-electron chi connectivity index (χ4n) is 5.73. The summed E-state index contributed by atoms with van der Waals surface area (Å²) in [6.07, 6.45) is 0.842. The second-order valence-corrected chi connectivity index (χ2v) is 11.6. The summed E-state index contributed by atoms with van der Waals surface area (Å²) in [4.78, 5) is 43.5. The number of pyridine rings is 1. The molecule has 0 bridgehead atoms. The smallest absolute Gasteiger partial charge is 0.341 e. The molecule has 0 aliphatic carbocycles. The lowest BCUT2D eigenvalue weighted by atomic mass is 9.88. The average molecular weight is 632 g/mol. The molecular weight excluding hydrogens is 594 g/mol.